The topological polar surface area (TPSA) is 17.1 Å². The van der Waals surface area contributed by atoms with E-state index >= 15 is 0 Å². The lowest BCUT2D eigenvalue weighted by atomic mass is 10.1. The van der Waals surface area contributed by atoms with Crippen molar-refractivity contribution in [2.24, 2.45) is 0 Å². The van der Waals surface area contributed by atoms with Gasteiger partial charge in [0.1, 0.15) is 0 Å². The Morgan fingerprint density at radius 1 is 1.00 bits per heavy atom. The minimum atomic E-state index is 0.154. The Bertz CT molecular complexity index is 656. The van der Waals surface area contributed by atoms with Crippen molar-refractivity contribution in [1.29, 1.82) is 0 Å². The van der Waals surface area contributed by atoms with Gasteiger partial charge in [-0.1, -0.05) is 58.4 Å². The first-order valence-corrected chi connectivity index (χ1v) is 6.63. The number of allylic oxidation sites excluding steroid dienone is 1. The fraction of sp³-hybridized carbons (Fsp3) is 0.0625. The summed E-state index contributed by atoms with van der Waals surface area (Å²) in [4.78, 5) is 12.2. The second-order valence-electron chi connectivity index (χ2n) is 4.35. The summed E-state index contributed by atoms with van der Waals surface area (Å²) in [7, 11) is 0. The van der Waals surface area contributed by atoms with Gasteiger partial charge in [0, 0.05) is 22.0 Å². The van der Waals surface area contributed by atoms with E-state index in [1.54, 1.807) is 0 Å². The predicted octanol–water partition coefficient (Wildman–Crippen LogP) is 4.27. The van der Waals surface area contributed by atoms with Crippen LogP contribution in [0.1, 0.15) is 21.5 Å². The minimum absolute atomic E-state index is 0.154. The van der Waals surface area contributed by atoms with Gasteiger partial charge < -0.3 is 0 Å². The van der Waals surface area contributed by atoms with Crippen LogP contribution >= 0.6 is 15.9 Å². The average molecular weight is 299 g/mol. The molecule has 0 fully saturated rings. The molecular weight excluding hydrogens is 288 g/mol. The number of Topliss-reactive ketones (excluding diaryl/α,β-unsaturated/α-hetero) is 1. The lowest BCUT2D eigenvalue weighted by molar-refractivity contribution is 0.104. The smallest absolute Gasteiger partial charge is 0.189 e. The average Bonchev–Trinajstić information content (AvgIpc) is 2.70. The predicted molar refractivity (Wildman–Crippen MR) is 76.6 cm³/mol. The first-order valence-electron chi connectivity index (χ1n) is 5.83. The van der Waals surface area contributed by atoms with Crippen LogP contribution < -0.4 is 0 Å². The van der Waals surface area contributed by atoms with E-state index in [4.69, 9.17) is 0 Å². The van der Waals surface area contributed by atoms with Crippen molar-refractivity contribution >= 4 is 27.8 Å². The normalized spacial score (nSPS) is 16.1. The monoisotopic (exact) mass is 298 g/mol. The van der Waals surface area contributed by atoms with Gasteiger partial charge in [-0.25, -0.2) is 0 Å². The van der Waals surface area contributed by atoms with Crippen LogP contribution in [0.3, 0.4) is 0 Å². The number of halogens is 1. The Morgan fingerprint density at radius 2 is 1.72 bits per heavy atom. The standard InChI is InChI=1S/C16H11BrO/c17-15-8-4-2-6-12(15)10-13-9-11-5-1-3-7-14(11)16(13)18/h1-8,10H,9H2/b13-10+. The van der Waals surface area contributed by atoms with Crippen LogP contribution in [0.4, 0.5) is 0 Å². The van der Waals surface area contributed by atoms with Crippen LogP contribution in [-0.4, -0.2) is 5.78 Å². The van der Waals surface area contributed by atoms with Crippen LogP contribution in [0, 0.1) is 0 Å². The molecule has 0 saturated heterocycles. The van der Waals surface area contributed by atoms with Crippen molar-refractivity contribution in [3.8, 4) is 0 Å². The summed E-state index contributed by atoms with van der Waals surface area (Å²) in [6.07, 6.45) is 2.71. The first kappa shape index (κ1) is 11.4. The summed E-state index contributed by atoms with van der Waals surface area (Å²) in [5, 5.41) is 0. The molecule has 0 bridgehead atoms. The van der Waals surface area contributed by atoms with Crippen molar-refractivity contribution in [2.45, 2.75) is 6.42 Å². The van der Waals surface area contributed by atoms with Crippen molar-refractivity contribution in [3.05, 3.63) is 75.3 Å². The Hall–Kier alpha value is -1.67. The number of hydrogen-bond donors (Lipinski definition) is 0. The van der Waals surface area contributed by atoms with E-state index in [1.165, 1.54) is 0 Å². The molecule has 0 aliphatic heterocycles. The molecule has 1 aliphatic rings. The molecule has 2 heteroatoms. The molecular formula is C16H11BrO. The van der Waals surface area contributed by atoms with E-state index in [-0.39, 0.29) is 5.78 Å². The first-order chi connectivity index (χ1) is 8.75. The minimum Gasteiger partial charge on any atom is -0.289 e. The molecule has 1 nitrogen and oxygen atoms in total. The third-order valence-corrected chi connectivity index (χ3v) is 3.89. The number of rotatable bonds is 1. The molecule has 0 saturated carbocycles. The summed E-state index contributed by atoms with van der Waals surface area (Å²) in [5.41, 5.74) is 3.88. The van der Waals surface area contributed by atoms with Crippen LogP contribution in [-0.2, 0) is 6.42 Å². The number of carbonyl (C=O) groups is 1. The SMILES string of the molecule is O=C1/C(=C/c2ccccc2Br)Cc2ccccc21. The molecule has 1 aliphatic carbocycles. The summed E-state index contributed by atoms with van der Waals surface area (Å²) >= 11 is 3.50. The van der Waals surface area contributed by atoms with E-state index < -0.39 is 0 Å². The van der Waals surface area contributed by atoms with E-state index in [0.29, 0.717) is 0 Å². The van der Waals surface area contributed by atoms with Crippen molar-refractivity contribution < 1.29 is 4.79 Å². The highest BCUT2D eigenvalue weighted by Gasteiger charge is 2.23. The van der Waals surface area contributed by atoms with E-state index in [9.17, 15) is 4.79 Å². The van der Waals surface area contributed by atoms with Gasteiger partial charge in [0.15, 0.2) is 5.78 Å². The molecule has 0 radical (unpaired) electrons. The van der Waals surface area contributed by atoms with Gasteiger partial charge in [0.05, 0.1) is 0 Å². The molecule has 0 amide bonds. The third-order valence-electron chi connectivity index (χ3n) is 3.17. The lowest BCUT2D eigenvalue weighted by Gasteiger charge is -1.99. The lowest BCUT2D eigenvalue weighted by Crippen LogP contribution is -1.95. The molecule has 0 spiro atoms. The number of ketones is 1. The molecule has 0 atom stereocenters. The fourth-order valence-electron chi connectivity index (χ4n) is 2.25. The van der Waals surface area contributed by atoms with Crippen LogP contribution in [0.15, 0.2) is 58.6 Å². The Labute approximate surface area is 114 Å². The molecule has 3 rings (SSSR count). The Morgan fingerprint density at radius 3 is 2.50 bits per heavy atom. The molecule has 2 aromatic carbocycles. The molecule has 0 unspecified atom stereocenters. The number of hydrogen-bond acceptors (Lipinski definition) is 1. The van der Waals surface area contributed by atoms with Crippen molar-refractivity contribution in [2.75, 3.05) is 0 Å². The van der Waals surface area contributed by atoms with Gasteiger partial charge in [0.25, 0.3) is 0 Å². The summed E-state index contributed by atoms with van der Waals surface area (Å²) < 4.78 is 1.02. The van der Waals surface area contributed by atoms with E-state index in [1.807, 2.05) is 54.6 Å². The molecule has 88 valence electrons. The van der Waals surface area contributed by atoms with Crippen LogP contribution in [0.25, 0.3) is 6.08 Å². The van der Waals surface area contributed by atoms with Gasteiger partial charge >= 0.3 is 0 Å². The molecule has 0 aromatic heterocycles. The second kappa shape index (κ2) is 4.54. The second-order valence-corrected chi connectivity index (χ2v) is 5.21. The quantitative estimate of drug-likeness (QED) is 0.719. The highest BCUT2D eigenvalue weighted by atomic mass is 79.9. The number of fused-ring (bicyclic) bond motifs is 1. The summed E-state index contributed by atoms with van der Waals surface area (Å²) in [5.74, 6) is 0.154. The maximum Gasteiger partial charge on any atom is 0.189 e. The largest absolute Gasteiger partial charge is 0.289 e. The zero-order chi connectivity index (χ0) is 12.5. The van der Waals surface area contributed by atoms with Crippen molar-refractivity contribution in [3.63, 3.8) is 0 Å². The van der Waals surface area contributed by atoms with Crippen LogP contribution in [0.5, 0.6) is 0 Å². The zero-order valence-electron chi connectivity index (χ0n) is 9.69. The van der Waals surface area contributed by atoms with E-state index in [0.717, 1.165) is 33.2 Å². The number of carbonyl (C=O) groups excluding carboxylic acids is 1. The Kier molecular flexibility index (Phi) is 2.88. The maximum atomic E-state index is 12.2. The highest BCUT2D eigenvalue weighted by molar-refractivity contribution is 9.10. The van der Waals surface area contributed by atoms with Gasteiger partial charge in [-0.3, -0.25) is 4.79 Å². The molecule has 18 heavy (non-hydrogen) atoms. The van der Waals surface area contributed by atoms with Gasteiger partial charge in [-0.2, -0.15) is 0 Å². The van der Waals surface area contributed by atoms with Gasteiger partial charge in [-0.15, -0.1) is 0 Å². The van der Waals surface area contributed by atoms with Gasteiger partial charge in [0.2, 0.25) is 0 Å². The molecule has 0 heterocycles. The van der Waals surface area contributed by atoms with E-state index in [2.05, 4.69) is 15.9 Å². The third kappa shape index (κ3) is 1.93. The van der Waals surface area contributed by atoms with Crippen LogP contribution in [0.2, 0.25) is 0 Å². The molecule has 2 aromatic rings. The summed E-state index contributed by atoms with van der Waals surface area (Å²) in [6.45, 7) is 0. The Balaban J connectivity index is 2.02. The highest BCUT2D eigenvalue weighted by Crippen LogP contribution is 2.29. The number of benzene rings is 2. The summed E-state index contributed by atoms with van der Waals surface area (Å²) in [6, 6.07) is 15.8. The fourth-order valence-corrected chi connectivity index (χ4v) is 2.65. The maximum absolute atomic E-state index is 12.2. The van der Waals surface area contributed by atoms with Gasteiger partial charge in [-0.05, 0) is 23.3 Å². The van der Waals surface area contributed by atoms with Crippen molar-refractivity contribution in [1.82, 2.24) is 0 Å². The molecule has 0 N–H and O–H groups in total. The zero-order valence-corrected chi connectivity index (χ0v) is 11.3.